The van der Waals surface area contributed by atoms with Crippen LogP contribution in [0.2, 0.25) is 0 Å². The largest absolute Gasteiger partial charge is 0.508 e. The van der Waals surface area contributed by atoms with Crippen molar-refractivity contribution in [2.75, 3.05) is 6.54 Å². The van der Waals surface area contributed by atoms with E-state index in [9.17, 15) is 5.11 Å². The van der Waals surface area contributed by atoms with Gasteiger partial charge in [-0.1, -0.05) is 0 Å². The fourth-order valence-corrected chi connectivity index (χ4v) is 1.79. The Labute approximate surface area is 101 Å². The van der Waals surface area contributed by atoms with Gasteiger partial charge < -0.3 is 15.4 Å². The summed E-state index contributed by atoms with van der Waals surface area (Å²) in [5.74, 6) is 1.21. The molecule has 0 amide bonds. The predicted octanol–water partition coefficient (Wildman–Crippen LogP) is 1.99. The summed E-state index contributed by atoms with van der Waals surface area (Å²) in [6.07, 6.45) is 5.84. The van der Waals surface area contributed by atoms with E-state index in [1.54, 1.807) is 18.3 Å². The molecule has 0 fully saturated rings. The first-order chi connectivity index (χ1) is 8.31. The average Bonchev–Trinajstić information content (AvgIpc) is 2.79. The van der Waals surface area contributed by atoms with Gasteiger partial charge in [-0.05, 0) is 43.7 Å². The van der Waals surface area contributed by atoms with Crippen LogP contribution in [0.1, 0.15) is 12.8 Å². The number of benzene rings is 1. The number of aromatic nitrogens is 2. The molecular formula is C13H17N3O. The molecule has 0 unspecified atom stereocenters. The van der Waals surface area contributed by atoms with Gasteiger partial charge in [0.2, 0.25) is 0 Å². The smallest absolute Gasteiger partial charge is 0.139 e. The number of hydrogen-bond donors (Lipinski definition) is 2. The first-order valence-electron chi connectivity index (χ1n) is 5.82. The van der Waals surface area contributed by atoms with Crippen LogP contribution in [-0.2, 0) is 6.54 Å². The molecule has 3 N–H and O–H groups in total. The van der Waals surface area contributed by atoms with Gasteiger partial charge in [0.15, 0.2) is 0 Å². The Bertz CT molecular complexity index is 462. The Kier molecular flexibility index (Phi) is 3.77. The SMILES string of the molecule is NCCCCn1ccnc1-c1ccc(O)cc1. The molecule has 4 nitrogen and oxygen atoms in total. The maximum Gasteiger partial charge on any atom is 0.139 e. The summed E-state index contributed by atoms with van der Waals surface area (Å²) in [6, 6.07) is 7.09. The highest BCUT2D eigenvalue weighted by molar-refractivity contribution is 5.56. The van der Waals surface area contributed by atoms with Crippen LogP contribution in [0, 0.1) is 0 Å². The van der Waals surface area contributed by atoms with E-state index in [-0.39, 0.29) is 5.75 Å². The second-order valence-corrected chi connectivity index (χ2v) is 3.99. The minimum Gasteiger partial charge on any atom is -0.508 e. The number of rotatable bonds is 5. The molecule has 0 saturated carbocycles. The highest BCUT2D eigenvalue weighted by atomic mass is 16.3. The molecule has 0 saturated heterocycles. The van der Waals surface area contributed by atoms with E-state index in [1.807, 2.05) is 18.3 Å². The molecule has 0 bridgehead atoms. The predicted molar refractivity (Wildman–Crippen MR) is 67.6 cm³/mol. The number of phenols is 1. The van der Waals surface area contributed by atoms with Gasteiger partial charge in [0.1, 0.15) is 11.6 Å². The average molecular weight is 231 g/mol. The van der Waals surface area contributed by atoms with E-state index in [0.29, 0.717) is 0 Å². The van der Waals surface area contributed by atoms with Crippen molar-refractivity contribution in [2.24, 2.45) is 5.73 Å². The van der Waals surface area contributed by atoms with E-state index in [1.165, 1.54) is 0 Å². The number of imidazole rings is 1. The Hall–Kier alpha value is -1.81. The van der Waals surface area contributed by atoms with Crippen LogP contribution >= 0.6 is 0 Å². The molecule has 1 heterocycles. The summed E-state index contributed by atoms with van der Waals surface area (Å²) in [5, 5.41) is 9.26. The van der Waals surface area contributed by atoms with Crippen molar-refractivity contribution in [3.05, 3.63) is 36.7 Å². The van der Waals surface area contributed by atoms with Crippen LogP contribution < -0.4 is 5.73 Å². The van der Waals surface area contributed by atoms with Crippen LogP contribution in [0.4, 0.5) is 0 Å². The highest BCUT2D eigenvalue weighted by Crippen LogP contribution is 2.20. The van der Waals surface area contributed by atoms with Gasteiger partial charge in [-0.25, -0.2) is 4.98 Å². The quantitative estimate of drug-likeness (QED) is 0.773. The third-order valence-corrected chi connectivity index (χ3v) is 2.69. The Morgan fingerprint density at radius 3 is 2.65 bits per heavy atom. The third kappa shape index (κ3) is 2.85. The summed E-state index contributed by atoms with van der Waals surface area (Å²) in [4.78, 5) is 4.34. The van der Waals surface area contributed by atoms with Crippen LogP contribution in [0.5, 0.6) is 5.75 Å². The molecule has 0 radical (unpaired) electrons. The molecule has 2 aromatic rings. The molecular weight excluding hydrogens is 214 g/mol. The Morgan fingerprint density at radius 2 is 1.94 bits per heavy atom. The number of nitrogens with zero attached hydrogens (tertiary/aromatic N) is 2. The van der Waals surface area contributed by atoms with Gasteiger partial charge in [0.25, 0.3) is 0 Å². The van der Waals surface area contributed by atoms with E-state index in [0.717, 1.165) is 37.3 Å². The van der Waals surface area contributed by atoms with Crippen molar-refractivity contribution >= 4 is 0 Å². The summed E-state index contributed by atoms with van der Waals surface area (Å²) >= 11 is 0. The van der Waals surface area contributed by atoms with Crippen molar-refractivity contribution in [1.82, 2.24) is 9.55 Å². The van der Waals surface area contributed by atoms with Crippen LogP contribution in [0.15, 0.2) is 36.7 Å². The van der Waals surface area contributed by atoms with Gasteiger partial charge in [-0.15, -0.1) is 0 Å². The lowest BCUT2D eigenvalue weighted by Crippen LogP contribution is -2.03. The lowest BCUT2D eigenvalue weighted by atomic mass is 10.2. The number of aryl methyl sites for hydroxylation is 1. The first kappa shape index (κ1) is 11.7. The molecule has 1 aromatic carbocycles. The van der Waals surface area contributed by atoms with Crippen LogP contribution in [0.3, 0.4) is 0 Å². The third-order valence-electron chi connectivity index (χ3n) is 2.69. The standard InChI is InChI=1S/C13H17N3O/c14-7-1-2-9-16-10-8-15-13(16)11-3-5-12(17)6-4-11/h3-6,8,10,17H,1-2,7,9,14H2. The maximum absolute atomic E-state index is 9.26. The molecule has 0 aliphatic heterocycles. The van der Waals surface area contributed by atoms with E-state index < -0.39 is 0 Å². The van der Waals surface area contributed by atoms with E-state index >= 15 is 0 Å². The van der Waals surface area contributed by atoms with Gasteiger partial charge >= 0.3 is 0 Å². The van der Waals surface area contributed by atoms with Gasteiger partial charge in [0.05, 0.1) is 0 Å². The summed E-state index contributed by atoms with van der Waals surface area (Å²) in [5.41, 5.74) is 6.50. The minimum absolute atomic E-state index is 0.273. The normalized spacial score (nSPS) is 10.6. The second-order valence-electron chi connectivity index (χ2n) is 3.99. The van der Waals surface area contributed by atoms with Crippen molar-refractivity contribution in [2.45, 2.75) is 19.4 Å². The Balaban J connectivity index is 2.15. The lowest BCUT2D eigenvalue weighted by Gasteiger charge is -2.07. The zero-order valence-electron chi connectivity index (χ0n) is 9.71. The topological polar surface area (TPSA) is 64.1 Å². The minimum atomic E-state index is 0.273. The number of nitrogens with two attached hydrogens (primary N) is 1. The molecule has 0 aliphatic rings. The van der Waals surface area contributed by atoms with Crippen molar-refractivity contribution in [3.8, 4) is 17.1 Å². The fourth-order valence-electron chi connectivity index (χ4n) is 1.79. The van der Waals surface area contributed by atoms with Crippen LogP contribution in [-0.4, -0.2) is 21.2 Å². The number of hydrogen-bond acceptors (Lipinski definition) is 3. The van der Waals surface area contributed by atoms with Crippen molar-refractivity contribution < 1.29 is 5.11 Å². The van der Waals surface area contributed by atoms with Gasteiger partial charge in [-0.3, -0.25) is 0 Å². The fraction of sp³-hybridized carbons (Fsp3) is 0.308. The molecule has 0 atom stereocenters. The molecule has 0 spiro atoms. The zero-order chi connectivity index (χ0) is 12.1. The Morgan fingerprint density at radius 1 is 1.18 bits per heavy atom. The maximum atomic E-state index is 9.26. The molecule has 2 rings (SSSR count). The molecule has 1 aromatic heterocycles. The first-order valence-corrected chi connectivity index (χ1v) is 5.82. The summed E-state index contributed by atoms with van der Waals surface area (Å²) < 4.78 is 2.11. The van der Waals surface area contributed by atoms with E-state index in [2.05, 4.69) is 9.55 Å². The monoisotopic (exact) mass is 231 g/mol. The van der Waals surface area contributed by atoms with Crippen molar-refractivity contribution in [1.29, 1.82) is 0 Å². The zero-order valence-corrected chi connectivity index (χ0v) is 9.71. The summed E-state index contributed by atoms with van der Waals surface area (Å²) in [7, 11) is 0. The van der Waals surface area contributed by atoms with E-state index in [4.69, 9.17) is 5.73 Å². The molecule has 17 heavy (non-hydrogen) atoms. The van der Waals surface area contributed by atoms with Crippen molar-refractivity contribution in [3.63, 3.8) is 0 Å². The molecule has 4 heteroatoms. The number of unbranched alkanes of at least 4 members (excludes halogenated alkanes) is 1. The van der Waals surface area contributed by atoms with Gasteiger partial charge in [0, 0.05) is 24.5 Å². The number of phenolic OH excluding ortho intramolecular Hbond substituents is 1. The molecule has 90 valence electrons. The van der Waals surface area contributed by atoms with Gasteiger partial charge in [-0.2, -0.15) is 0 Å². The van der Waals surface area contributed by atoms with Crippen LogP contribution in [0.25, 0.3) is 11.4 Å². The number of aromatic hydroxyl groups is 1. The highest BCUT2D eigenvalue weighted by Gasteiger charge is 2.05. The second kappa shape index (κ2) is 5.50. The summed E-state index contributed by atoms with van der Waals surface area (Å²) in [6.45, 7) is 1.65. The lowest BCUT2D eigenvalue weighted by molar-refractivity contribution is 0.475. The molecule has 0 aliphatic carbocycles.